The van der Waals surface area contributed by atoms with E-state index in [1.807, 2.05) is 0 Å². The predicted molar refractivity (Wildman–Crippen MR) is 79.9 cm³/mol. The van der Waals surface area contributed by atoms with E-state index >= 15 is 0 Å². The van der Waals surface area contributed by atoms with Crippen LogP contribution in [0.1, 0.15) is 31.0 Å². The maximum atomic E-state index is 12.6. The molecule has 2 amide bonds. The van der Waals surface area contributed by atoms with Crippen molar-refractivity contribution in [2.75, 3.05) is 19.6 Å². The fourth-order valence-electron chi connectivity index (χ4n) is 2.60. The number of amides is 2. The van der Waals surface area contributed by atoms with Gasteiger partial charge in [0.2, 0.25) is 11.8 Å². The number of carbonyl (C=O) groups excluding carboxylic acids is 2. The lowest BCUT2D eigenvalue weighted by molar-refractivity contribution is -0.141. The van der Waals surface area contributed by atoms with Gasteiger partial charge >= 0.3 is 6.18 Å². The van der Waals surface area contributed by atoms with Crippen LogP contribution in [-0.4, -0.2) is 46.1 Å². The van der Waals surface area contributed by atoms with Crippen LogP contribution in [0, 0.1) is 0 Å². The van der Waals surface area contributed by atoms with E-state index in [1.54, 1.807) is 4.90 Å². The highest BCUT2D eigenvalue weighted by atomic mass is 19.4. The Labute approximate surface area is 137 Å². The normalized spacial score (nSPS) is 16.0. The summed E-state index contributed by atoms with van der Waals surface area (Å²) < 4.78 is 39.0. The fraction of sp³-hybridized carbons (Fsp3) is 0.533. The Balaban J connectivity index is 1.80. The van der Waals surface area contributed by atoms with Gasteiger partial charge < -0.3 is 10.2 Å². The summed E-state index contributed by atoms with van der Waals surface area (Å²) in [5.41, 5.74) is -0.904. The molecule has 1 saturated heterocycles. The van der Waals surface area contributed by atoms with E-state index in [1.165, 1.54) is 10.9 Å². The standard InChI is InChI=1S/C15H19F3N4O2/c1-2-13(23)19-7-3-14(24)21-8-4-11(5-9-21)22-10-6-12(20-22)15(16,17)18/h2,6,10-11H,1,3-5,7-9H2,(H,19,23). The van der Waals surface area contributed by atoms with E-state index in [0.29, 0.717) is 25.9 Å². The van der Waals surface area contributed by atoms with E-state index < -0.39 is 11.9 Å². The number of aromatic nitrogens is 2. The molecule has 2 heterocycles. The molecule has 0 aromatic carbocycles. The second-order valence-corrected chi connectivity index (χ2v) is 5.54. The quantitative estimate of drug-likeness (QED) is 0.828. The zero-order valence-corrected chi connectivity index (χ0v) is 13.1. The van der Waals surface area contributed by atoms with Crippen LogP contribution >= 0.6 is 0 Å². The number of likely N-dealkylation sites (tertiary alicyclic amines) is 1. The number of piperidine rings is 1. The van der Waals surface area contributed by atoms with Crippen molar-refractivity contribution in [3.05, 3.63) is 30.6 Å². The van der Waals surface area contributed by atoms with Gasteiger partial charge in [-0.15, -0.1) is 0 Å². The summed E-state index contributed by atoms with van der Waals surface area (Å²) in [6.07, 6.45) is -0.708. The van der Waals surface area contributed by atoms with Gasteiger partial charge in [0, 0.05) is 32.3 Å². The smallest absolute Gasteiger partial charge is 0.352 e. The molecule has 1 aromatic rings. The monoisotopic (exact) mass is 344 g/mol. The van der Waals surface area contributed by atoms with E-state index in [-0.39, 0.29) is 30.8 Å². The second kappa shape index (κ2) is 7.50. The molecular formula is C15H19F3N4O2. The van der Waals surface area contributed by atoms with E-state index in [9.17, 15) is 22.8 Å². The number of nitrogens with zero attached hydrogens (tertiary/aromatic N) is 3. The zero-order valence-electron chi connectivity index (χ0n) is 13.1. The number of nitrogens with one attached hydrogen (secondary N) is 1. The van der Waals surface area contributed by atoms with Crippen molar-refractivity contribution in [1.82, 2.24) is 20.0 Å². The molecule has 1 aliphatic rings. The maximum Gasteiger partial charge on any atom is 0.435 e. The summed E-state index contributed by atoms with van der Waals surface area (Å²) in [4.78, 5) is 24.7. The summed E-state index contributed by atoms with van der Waals surface area (Å²) in [5.74, 6) is -0.421. The molecular weight excluding hydrogens is 325 g/mol. The number of carbonyl (C=O) groups is 2. The lowest BCUT2D eigenvalue weighted by Gasteiger charge is -2.32. The SMILES string of the molecule is C=CC(=O)NCCC(=O)N1CCC(n2ccc(C(F)(F)F)n2)CC1. The summed E-state index contributed by atoms with van der Waals surface area (Å²) in [6.45, 7) is 4.47. The average molecular weight is 344 g/mol. The minimum absolute atomic E-state index is 0.0886. The number of halogens is 3. The highest BCUT2D eigenvalue weighted by Gasteiger charge is 2.34. The third-order valence-electron chi connectivity index (χ3n) is 3.91. The van der Waals surface area contributed by atoms with E-state index in [2.05, 4.69) is 17.0 Å². The molecule has 9 heteroatoms. The molecule has 1 N–H and O–H groups in total. The van der Waals surface area contributed by atoms with Crippen molar-refractivity contribution in [3.63, 3.8) is 0 Å². The van der Waals surface area contributed by atoms with Crippen LogP contribution < -0.4 is 5.32 Å². The number of rotatable bonds is 5. The van der Waals surface area contributed by atoms with Crippen LogP contribution in [0.2, 0.25) is 0 Å². The van der Waals surface area contributed by atoms with Crippen molar-refractivity contribution >= 4 is 11.8 Å². The van der Waals surface area contributed by atoms with Gasteiger partial charge in [-0.2, -0.15) is 18.3 Å². The fourth-order valence-corrected chi connectivity index (χ4v) is 2.60. The van der Waals surface area contributed by atoms with Crippen LogP contribution in [0.3, 0.4) is 0 Å². The zero-order chi connectivity index (χ0) is 17.7. The van der Waals surface area contributed by atoms with Gasteiger partial charge in [0.05, 0.1) is 6.04 Å². The Morgan fingerprint density at radius 3 is 2.58 bits per heavy atom. The Morgan fingerprint density at radius 2 is 2.04 bits per heavy atom. The molecule has 0 aliphatic carbocycles. The first kappa shape index (κ1) is 18.0. The molecule has 0 saturated carbocycles. The minimum Gasteiger partial charge on any atom is -0.352 e. The molecule has 0 atom stereocenters. The van der Waals surface area contributed by atoms with Crippen molar-refractivity contribution in [1.29, 1.82) is 0 Å². The lowest BCUT2D eigenvalue weighted by Crippen LogP contribution is -2.40. The number of hydrogen-bond acceptors (Lipinski definition) is 3. The Kier molecular flexibility index (Phi) is 5.63. The van der Waals surface area contributed by atoms with Gasteiger partial charge in [-0.25, -0.2) is 0 Å². The Hall–Kier alpha value is -2.32. The molecule has 132 valence electrons. The number of hydrogen-bond donors (Lipinski definition) is 1. The third kappa shape index (κ3) is 4.59. The molecule has 0 bridgehead atoms. The first-order valence-electron chi connectivity index (χ1n) is 7.61. The largest absolute Gasteiger partial charge is 0.435 e. The van der Waals surface area contributed by atoms with Crippen molar-refractivity contribution in [3.8, 4) is 0 Å². The van der Waals surface area contributed by atoms with Gasteiger partial charge in [0.15, 0.2) is 5.69 Å². The highest BCUT2D eigenvalue weighted by molar-refractivity contribution is 5.87. The summed E-state index contributed by atoms with van der Waals surface area (Å²) in [6, 6.07) is 0.811. The molecule has 1 aromatic heterocycles. The maximum absolute atomic E-state index is 12.6. The topological polar surface area (TPSA) is 67.2 Å². The molecule has 0 radical (unpaired) electrons. The van der Waals surface area contributed by atoms with Crippen LogP contribution in [0.15, 0.2) is 24.9 Å². The third-order valence-corrected chi connectivity index (χ3v) is 3.91. The summed E-state index contributed by atoms with van der Waals surface area (Å²) >= 11 is 0. The van der Waals surface area contributed by atoms with E-state index in [0.717, 1.165) is 12.1 Å². The average Bonchev–Trinajstić information content (AvgIpc) is 3.05. The molecule has 1 fully saturated rings. The lowest BCUT2D eigenvalue weighted by atomic mass is 10.1. The van der Waals surface area contributed by atoms with Crippen LogP contribution in [-0.2, 0) is 15.8 Å². The molecule has 1 aliphatic heterocycles. The first-order valence-corrected chi connectivity index (χ1v) is 7.61. The molecule has 24 heavy (non-hydrogen) atoms. The second-order valence-electron chi connectivity index (χ2n) is 5.54. The van der Waals surface area contributed by atoms with Crippen molar-refractivity contribution in [2.24, 2.45) is 0 Å². The predicted octanol–water partition coefficient (Wildman–Crippen LogP) is 1.76. The van der Waals surface area contributed by atoms with Crippen molar-refractivity contribution in [2.45, 2.75) is 31.5 Å². The van der Waals surface area contributed by atoms with Gasteiger partial charge in [0.1, 0.15) is 0 Å². The molecule has 0 spiro atoms. The molecule has 0 unspecified atom stereocenters. The molecule has 2 rings (SSSR count). The highest BCUT2D eigenvalue weighted by Crippen LogP contribution is 2.29. The number of alkyl halides is 3. The van der Waals surface area contributed by atoms with Crippen LogP contribution in [0.4, 0.5) is 13.2 Å². The van der Waals surface area contributed by atoms with Crippen LogP contribution in [0.5, 0.6) is 0 Å². The summed E-state index contributed by atoms with van der Waals surface area (Å²) in [7, 11) is 0. The van der Waals surface area contributed by atoms with Crippen LogP contribution in [0.25, 0.3) is 0 Å². The van der Waals surface area contributed by atoms with Crippen molar-refractivity contribution < 1.29 is 22.8 Å². The molecule has 6 nitrogen and oxygen atoms in total. The minimum atomic E-state index is -4.45. The first-order chi connectivity index (χ1) is 11.3. The Bertz CT molecular complexity index is 604. The Morgan fingerprint density at radius 1 is 1.38 bits per heavy atom. The van der Waals surface area contributed by atoms with E-state index in [4.69, 9.17) is 0 Å². The van der Waals surface area contributed by atoms with Gasteiger partial charge in [-0.1, -0.05) is 6.58 Å². The van der Waals surface area contributed by atoms with Gasteiger partial charge in [0.25, 0.3) is 0 Å². The van der Waals surface area contributed by atoms with Gasteiger partial charge in [-0.05, 0) is 25.0 Å². The van der Waals surface area contributed by atoms with Gasteiger partial charge in [-0.3, -0.25) is 14.3 Å². The summed E-state index contributed by atoms with van der Waals surface area (Å²) in [5, 5.41) is 6.11.